The van der Waals surface area contributed by atoms with Crippen molar-refractivity contribution in [2.45, 2.75) is 70.1 Å². The van der Waals surface area contributed by atoms with Crippen molar-refractivity contribution in [3.63, 3.8) is 0 Å². The standard InChI is InChI=1S/C15H24O3/c1-4-14(5-2)10-8-7-9-11(10)15(6-3,18-14)17-13(9)12(8)16/h8-13,16H,4-7H2,1-3H3/t8-,9+,10+,11+,12+,13-,15-/m0/s1. The molecule has 0 radical (unpaired) electrons. The Kier molecular flexibility index (Phi) is 2.15. The summed E-state index contributed by atoms with van der Waals surface area (Å²) in [5, 5.41) is 10.5. The van der Waals surface area contributed by atoms with Gasteiger partial charge in [0.2, 0.25) is 0 Å². The molecule has 3 heteroatoms. The first kappa shape index (κ1) is 11.7. The maximum Gasteiger partial charge on any atom is 0.172 e. The molecule has 0 spiro atoms. The van der Waals surface area contributed by atoms with Gasteiger partial charge in [-0.15, -0.1) is 0 Å². The van der Waals surface area contributed by atoms with E-state index >= 15 is 0 Å². The maximum atomic E-state index is 10.5. The number of aliphatic hydroxyl groups is 1. The van der Waals surface area contributed by atoms with Gasteiger partial charge in [-0.25, -0.2) is 0 Å². The molecule has 0 aromatic rings. The third-order valence-electron chi connectivity index (χ3n) is 6.57. The molecule has 2 aliphatic heterocycles. The van der Waals surface area contributed by atoms with Crippen LogP contribution in [0.1, 0.15) is 46.5 Å². The van der Waals surface area contributed by atoms with Gasteiger partial charge in [-0.1, -0.05) is 20.8 Å². The lowest BCUT2D eigenvalue weighted by molar-refractivity contribution is -0.276. The molecule has 2 saturated heterocycles. The first-order valence-electron chi connectivity index (χ1n) is 7.68. The fourth-order valence-electron chi connectivity index (χ4n) is 5.87. The first-order valence-corrected chi connectivity index (χ1v) is 7.68. The van der Waals surface area contributed by atoms with Gasteiger partial charge in [0.15, 0.2) is 5.79 Å². The Labute approximate surface area is 109 Å². The highest BCUT2D eigenvalue weighted by atomic mass is 16.7. The van der Waals surface area contributed by atoms with Crippen molar-refractivity contribution < 1.29 is 14.6 Å². The zero-order valence-electron chi connectivity index (χ0n) is 11.6. The summed E-state index contributed by atoms with van der Waals surface area (Å²) >= 11 is 0. The molecule has 3 nitrogen and oxygen atoms in total. The van der Waals surface area contributed by atoms with Crippen LogP contribution < -0.4 is 0 Å². The number of fused-ring (bicyclic) bond motifs is 2. The molecule has 0 unspecified atom stereocenters. The number of rotatable bonds is 3. The molecular weight excluding hydrogens is 228 g/mol. The Morgan fingerprint density at radius 3 is 2.39 bits per heavy atom. The van der Waals surface area contributed by atoms with E-state index in [1.54, 1.807) is 0 Å². The summed E-state index contributed by atoms with van der Waals surface area (Å²) in [6.45, 7) is 6.62. The van der Waals surface area contributed by atoms with Crippen molar-refractivity contribution in [3.05, 3.63) is 0 Å². The molecule has 2 aliphatic carbocycles. The molecule has 102 valence electrons. The highest BCUT2D eigenvalue weighted by Gasteiger charge is 2.78. The SMILES string of the molecule is CCC1(CC)O[C@]2(CC)O[C@@H]3[C@H](O)[C@H]4C[C@@H]3[C@@H]2[C@@H]41. The van der Waals surface area contributed by atoms with Crippen molar-refractivity contribution in [1.29, 1.82) is 0 Å². The summed E-state index contributed by atoms with van der Waals surface area (Å²) in [7, 11) is 0. The van der Waals surface area contributed by atoms with Crippen molar-refractivity contribution >= 4 is 0 Å². The van der Waals surface area contributed by atoms with Gasteiger partial charge in [-0.05, 0) is 37.5 Å². The topological polar surface area (TPSA) is 38.7 Å². The maximum absolute atomic E-state index is 10.5. The van der Waals surface area contributed by atoms with E-state index < -0.39 is 0 Å². The fraction of sp³-hybridized carbons (Fsp3) is 1.00. The van der Waals surface area contributed by atoms with Crippen molar-refractivity contribution in [1.82, 2.24) is 0 Å². The summed E-state index contributed by atoms with van der Waals surface area (Å²) in [4.78, 5) is 0. The van der Waals surface area contributed by atoms with Crippen LogP contribution in [-0.4, -0.2) is 28.7 Å². The second-order valence-electron chi connectivity index (χ2n) is 6.73. The monoisotopic (exact) mass is 252 g/mol. The zero-order valence-corrected chi connectivity index (χ0v) is 11.6. The van der Waals surface area contributed by atoms with Crippen LogP contribution in [0.25, 0.3) is 0 Å². The quantitative estimate of drug-likeness (QED) is 0.838. The lowest BCUT2D eigenvalue weighted by Crippen LogP contribution is -2.47. The van der Waals surface area contributed by atoms with E-state index in [1.165, 1.54) is 0 Å². The summed E-state index contributed by atoms with van der Waals surface area (Å²) in [6, 6.07) is 0. The number of aliphatic hydroxyl groups excluding tert-OH is 1. The third kappa shape index (κ3) is 0.981. The molecule has 2 saturated carbocycles. The predicted molar refractivity (Wildman–Crippen MR) is 66.9 cm³/mol. The molecule has 0 aromatic carbocycles. The van der Waals surface area contributed by atoms with Crippen LogP contribution in [0.5, 0.6) is 0 Å². The Morgan fingerprint density at radius 2 is 1.78 bits per heavy atom. The van der Waals surface area contributed by atoms with Crippen LogP contribution >= 0.6 is 0 Å². The van der Waals surface area contributed by atoms with Gasteiger partial charge >= 0.3 is 0 Å². The smallest absolute Gasteiger partial charge is 0.172 e. The van der Waals surface area contributed by atoms with E-state index in [9.17, 15) is 5.11 Å². The molecule has 4 aliphatic rings. The largest absolute Gasteiger partial charge is 0.390 e. The third-order valence-corrected chi connectivity index (χ3v) is 6.57. The minimum Gasteiger partial charge on any atom is -0.390 e. The van der Waals surface area contributed by atoms with E-state index in [0.29, 0.717) is 23.7 Å². The highest BCUT2D eigenvalue weighted by molar-refractivity contribution is 5.22. The predicted octanol–water partition coefficient (Wildman–Crippen LogP) is 2.32. The molecule has 7 atom stereocenters. The van der Waals surface area contributed by atoms with Gasteiger partial charge in [-0.2, -0.15) is 0 Å². The molecule has 4 fully saturated rings. The van der Waals surface area contributed by atoms with Crippen LogP contribution in [0.15, 0.2) is 0 Å². The Morgan fingerprint density at radius 1 is 1.06 bits per heavy atom. The van der Waals surface area contributed by atoms with Crippen molar-refractivity contribution in [2.75, 3.05) is 0 Å². The molecule has 2 heterocycles. The summed E-state index contributed by atoms with van der Waals surface area (Å²) in [5.41, 5.74) is -0.0491. The Bertz CT molecular complexity index is 372. The van der Waals surface area contributed by atoms with Crippen LogP contribution in [0.2, 0.25) is 0 Å². The average Bonchev–Trinajstić information content (AvgIpc) is 3.04. The van der Waals surface area contributed by atoms with Gasteiger partial charge in [0.05, 0.1) is 17.8 Å². The summed E-state index contributed by atoms with van der Waals surface area (Å²) < 4.78 is 12.8. The second kappa shape index (κ2) is 3.31. The number of hydrogen-bond acceptors (Lipinski definition) is 3. The van der Waals surface area contributed by atoms with Crippen LogP contribution in [0, 0.1) is 23.7 Å². The molecule has 2 bridgehead atoms. The fourth-order valence-corrected chi connectivity index (χ4v) is 5.87. The highest BCUT2D eigenvalue weighted by Crippen LogP contribution is 2.72. The molecule has 4 rings (SSSR count). The van der Waals surface area contributed by atoms with Gasteiger partial charge in [0.1, 0.15) is 0 Å². The van der Waals surface area contributed by atoms with Gasteiger partial charge in [-0.3, -0.25) is 0 Å². The van der Waals surface area contributed by atoms with E-state index in [2.05, 4.69) is 20.8 Å². The van der Waals surface area contributed by atoms with Crippen LogP contribution in [0.4, 0.5) is 0 Å². The summed E-state index contributed by atoms with van der Waals surface area (Å²) in [5.74, 6) is 1.65. The van der Waals surface area contributed by atoms with E-state index in [0.717, 1.165) is 25.7 Å². The lowest BCUT2D eigenvalue weighted by Gasteiger charge is -2.41. The van der Waals surface area contributed by atoms with Crippen LogP contribution in [-0.2, 0) is 9.47 Å². The van der Waals surface area contributed by atoms with Crippen molar-refractivity contribution in [2.24, 2.45) is 23.7 Å². The second-order valence-corrected chi connectivity index (χ2v) is 6.73. The Balaban J connectivity index is 1.85. The number of hydrogen-bond donors (Lipinski definition) is 1. The minimum absolute atomic E-state index is 0.0491. The first-order chi connectivity index (χ1) is 8.62. The summed E-state index contributed by atoms with van der Waals surface area (Å²) in [6.07, 6.45) is 3.97. The molecule has 0 amide bonds. The Hall–Kier alpha value is -0.120. The van der Waals surface area contributed by atoms with E-state index in [-0.39, 0.29) is 23.6 Å². The minimum atomic E-state index is -0.377. The van der Waals surface area contributed by atoms with Crippen molar-refractivity contribution in [3.8, 4) is 0 Å². The average molecular weight is 252 g/mol. The van der Waals surface area contributed by atoms with Gasteiger partial charge in [0.25, 0.3) is 0 Å². The molecule has 1 N–H and O–H groups in total. The van der Waals surface area contributed by atoms with Crippen LogP contribution in [0.3, 0.4) is 0 Å². The van der Waals surface area contributed by atoms with Gasteiger partial charge in [0, 0.05) is 11.8 Å². The lowest BCUT2D eigenvalue weighted by atomic mass is 9.68. The molecule has 18 heavy (non-hydrogen) atoms. The van der Waals surface area contributed by atoms with Gasteiger partial charge < -0.3 is 14.6 Å². The number of ether oxygens (including phenoxy) is 2. The van der Waals surface area contributed by atoms with E-state index in [1.807, 2.05) is 0 Å². The molecular formula is C15H24O3. The molecule has 0 aromatic heterocycles. The van der Waals surface area contributed by atoms with E-state index in [4.69, 9.17) is 9.47 Å². The zero-order chi connectivity index (χ0) is 12.7. The normalized spacial score (nSPS) is 58.7.